The Balaban J connectivity index is 1.71. The Morgan fingerprint density at radius 2 is 1.77 bits per heavy atom. The number of anilines is 1. The number of rotatable bonds is 6. The number of hydrogen-bond acceptors (Lipinski definition) is 6. The molecule has 1 amide bonds. The minimum atomic E-state index is -4.04. The molecule has 0 saturated carbocycles. The number of pyridine rings is 1. The lowest BCUT2D eigenvalue weighted by molar-refractivity contribution is 0.0505. The highest BCUT2D eigenvalue weighted by molar-refractivity contribution is 7.92. The second-order valence-electron chi connectivity index (χ2n) is 10.4. The average molecular weight is 591 g/mol. The smallest absolute Gasteiger partial charge is 0.407 e. The first-order valence-corrected chi connectivity index (χ1v) is 14.5. The number of ether oxygens (including phenoxy) is 1. The predicted molar refractivity (Wildman–Crippen MR) is 151 cm³/mol. The zero-order valence-corrected chi connectivity index (χ0v) is 24.3. The second-order valence-corrected chi connectivity index (χ2v) is 13.1. The van der Waals surface area contributed by atoms with E-state index >= 15 is 0 Å². The number of carbonyl (C=O) groups excluding carboxylic acids is 2. The van der Waals surface area contributed by atoms with Crippen LogP contribution in [0.15, 0.2) is 59.6 Å². The van der Waals surface area contributed by atoms with Gasteiger partial charge in [-0.15, -0.1) is 0 Å². The van der Waals surface area contributed by atoms with Crippen LogP contribution in [-0.4, -0.2) is 43.5 Å². The normalized spacial score (nSPS) is 15.4. The van der Waals surface area contributed by atoms with Gasteiger partial charge in [-0.3, -0.25) is 14.1 Å². The van der Waals surface area contributed by atoms with Crippen LogP contribution in [0.4, 0.5) is 10.5 Å². The van der Waals surface area contributed by atoms with E-state index in [0.29, 0.717) is 16.9 Å². The van der Waals surface area contributed by atoms with Gasteiger partial charge in [-0.1, -0.05) is 41.4 Å². The number of aromatic nitrogens is 1. The van der Waals surface area contributed by atoms with Gasteiger partial charge in [0.05, 0.1) is 44.5 Å². The highest BCUT2D eigenvalue weighted by Crippen LogP contribution is 2.33. The third-order valence-electron chi connectivity index (χ3n) is 6.00. The summed E-state index contributed by atoms with van der Waals surface area (Å²) in [5, 5.41) is 3.24. The van der Waals surface area contributed by atoms with E-state index in [9.17, 15) is 18.0 Å². The van der Waals surface area contributed by atoms with Gasteiger partial charge in [-0.05, 0) is 69.2 Å². The molecule has 0 fully saturated rings. The average Bonchev–Trinajstić information content (AvgIpc) is 2.82. The number of fused-ring (bicyclic) bond motifs is 1. The molecule has 3 aromatic rings. The van der Waals surface area contributed by atoms with Gasteiger partial charge in [-0.25, -0.2) is 13.2 Å². The van der Waals surface area contributed by atoms with Crippen LogP contribution >= 0.6 is 23.2 Å². The number of aryl methyl sites for hydroxylation is 1. The predicted octanol–water partition coefficient (Wildman–Crippen LogP) is 5.77. The van der Waals surface area contributed by atoms with Gasteiger partial charge in [0.25, 0.3) is 10.0 Å². The quantitative estimate of drug-likeness (QED) is 0.366. The number of Topliss-reactive ketones (excluding diaryl/α,β-unsaturated/α-hetero) is 1. The summed E-state index contributed by atoms with van der Waals surface area (Å²) in [5.41, 5.74) is 1.57. The van der Waals surface area contributed by atoms with Gasteiger partial charge < -0.3 is 10.1 Å². The summed E-state index contributed by atoms with van der Waals surface area (Å²) in [6, 6.07) is 12.5. The molecule has 0 aliphatic carbocycles. The summed E-state index contributed by atoms with van der Waals surface area (Å²) in [6.45, 7) is 7.01. The number of amides is 1. The largest absolute Gasteiger partial charge is 0.444 e. The molecule has 2 heterocycles. The summed E-state index contributed by atoms with van der Waals surface area (Å²) in [6.07, 6.45) is 1.07. The zero-order chi connectivity index (χ0) is 28.5. The Bertz CT molecular complexity index is 1520. The second kappa shape index (κ2) is 11.2. The number of nitrogens with one attached hydrogen (secondary N) is 1. The molecule has 4 rings (SSSR count). The molecule has 0 unspecified atom stereocenters. The van der Waals surface area contributed by atoms with Gasteiger partial charge in [0.2, 0.25) is 0 Å². The van der Waals surface area contributed by atoms with Gasteiger partial charge >= 0.3 is 6.09 Å². The molecule has 1 N–H and O–H groups in total. The maximum absolute atomic E-state index is 13.9. The maximum Gasteiger partial charge on any atom is 0.407 e. The fraction of sp³-hybridized carbons (Fsp3) is 0.321. The Morgan fingerprint density at radius 3 is 2.41 bits per heavy atom. The standard InChI is InChI=1S/C28H29Cl2N3O5S/c1-17-7-5-8-20(11-17)39(36,37)33-16-19(32-27(35)38-28(2,3)4)14-23-24(33)12-18(15-31-23)13-25(34)26-21(29)9-6-10-22(26)30/h5-12,15,19H,13-14,16H2,1-4H3,(H,32,35)/t19-/m1/s1. The summed E-state index contributed by atoms with van der Waals surface area (Å²) in [4.78, 5) is 30.2. The van der Waals surface area contributed by atoms with Crippen molar-refractivity contribution < 1.29 is 22.7 Å². The van der Waals surface area contributed by atoms with Gasteiger partial charge in [0.15, 0.2) is 5.78 Å². The Morgan fingerprint density at radius 1 is 1.10 bits per heavy atom. The van der Waals surface area contributed by atoms with E-state index in [1.54, 1.807) is 70.2 Å². The molecule has 1 aromatic heterocycles. The zero-order valence-electron chi connectivity index (χ0n) is 22.0. The van der Waals surface area contributed by atoms with E-state index < -0.39 is 27.8 Å². The van der Waals surface area contributed by atoms with Crippen LogP contribution in [0.1, 0.15) is 48.0 Å². The minimum absolute atomic E-state index is 0.0437. The van der Waals surface area contributed by atoms with Crippen molar-refractivity contribution in [2.24, 2.45) is 0 Å². The van der Waals surface area contributed by atoms with Crippen molar-refractivity contribution in [3.05, 3.63) is 87.2 Å². The van der Waals surface area contributed by atoms with Crippen molar-refractivity contribution in [3.8, 4) is 0 Å². The van der Waals surface area contributed by atoms with Crippen LogP contribution in [0.3, 0.4) is 0 Å². The van der Waals surface area contributed by atoms with Crippen molar-refractivity contribution in [2.45, 2.75) is 57.1 Å². The summed E-state index contributed by atoms with van der Waals surface area (Å²) < 4.78 is 34.3. The lowest BCUT2D eigenvalue weighted by Crippen LogP contribution is -2.51. The van der Waals surface area contributed by atoms with Crippen molar-refractivity contribution in [1.29, 1.82) is 0 Å². The molecule has 206 valence electrons. The maximum atomic E-state index is 13.9. The molecule has 0 radical (unpaired) electrons. The molecule has 11 heteroatoms. The van der Waals surface area contributed by atoms with Crippen molar-refractivity contribution in [2.75, 3.05) is 10.8 Å². The number of benzene rings is 2. The first-order chi connectivity index (χ1) is 18.2. The van der Waals surface area contributed by atoms with E-state index in [2.05, 4.69) is 10.3 Å². The number of halogens is 2. The monoisotopic (exact) mass is 589 g/mol. The van der Waals surface area contributed by atoms with Crippen LogP contribution in [-0.2, 0) is 27.6 Å². The number of nitrogens with zero attached hydrogens (tertiary/aromatic N) is 2. The molecular formula is C28H29Cl2N3O5S. The van der Waals surface area contributed by atoms with Crippen LogP contribution in [0, 0.1) is 6.92 Å². The van der Waals surface area contributed by atoms with Crippen LogP contribution in [0.2, 0.25) is 10.0 Å². The molecule has 0 saturated heterocycles. The summed E-state index contributed by atoms with van der Waals surface area (Å²) in [7, 11) is -4.04. The van der Waals surface area contributed by atoms with E-state index in [1.807, 2.05) is 0 Å². The van der Waals surface area contributed by atoms with E-state index in [-0.39, 0.29) is 45.7 Å². The molecule has 1 aliphatic rings. The highest BCUT2D eigenvalue weighted by atomic mass is 35.5. The number of hydrogen-bond donors (Lipinski definition) is 1. The van der Waals surface area contributed by atoms with Crippen LogP contribution in [0.5, 0.6) is 0 Å². The fourth-order valence-electron chi connectivity index (χ4n) is 4.33. The van der Waals surface area contributed by atoms with Crippen LogP contribution in [0.25, 0.3) is 0 Å². The van der Waals surface area contributed by atoms with Gasteiger partial charge in [0.1, 0.15) is 5.60 Å². The van der Waals surface area contributed by atoms with Crippen LogP contribution < -0.4 is 9.62 Å². The van der Waals surface area contributed by atoms with Crippen molar-refractivity contribution in [1.82, 2.24) is 10.3 Å². The topological polar surface area (TPSA) is 106 Å². The first-order valence-electron chi connectivity index (χ1n) is 12.3. The molecule has 0 bridgehead atoms. The summed E-state index contributed by atoms with van der Waals surface area (Å²) >= 11 is 12.4. The first kappa shape index (κ1) is 28.9. The van der Waals surface area contributed by atoms with Gasteiger partial charge in [0, 0.05) is 19.0 Å². The number of sulfonamides is 1. The number of ketones is 1. The third-order valence-corrected chi connectivity index (χ3v) is 8.41. The third kappa shape index (κ3) is 6.72. The Kier molecular flexibility index (Phi) is 8.25. The molecule has 1 atom stereocenters. The molecule has 39 heavy (non-hydrogen) atoms. The van der Waals surface area contributed by atoms with Crippen molar-refractivity contribution in [3.63, 3.8) is 0 Å². The fourth-order valence-corrected chi connectivity index (χ4v) is 6.57. The Labute approximate surface area is 238 Å². The molecule has 2 aromatic carbocycles. The highest BCUT2D eigenvalue weighted by Gasteiger charge is 2.36. The van der Waals surface area contributed by atoms with E-state index in [0.717, 1.165) is 5.56 Å². The number of carbonyl (C=O) groups is 2. The van der Waals surface area contributed by atoms with Gasteiger partial charge in [-0.2, -0.15) is 0 Å². The van der Waals surface area contributed by atoms with Crippen molar-refractivity contribution >= 4 is 50.8 Å². The Hall–Kier alpha value is -3.14. The molecular weight excluding hydrogens is 561 g/mol. The lowest BCUT2D eigenvalue weighted by atomic mass is 10.0. The SMILES string of the molecule is Cc1cccc(S(=O)(=O)N2C[C@H](NC(=O)OC(C)(C)C)Cc3ncc(CC(=O)c4c(Cl)cccc4Cl)cc32)c1. The molecule has 1 aliphatic heterocycles. The molecule has 0 spiro atoms. The molecule has 8 nitrogen and oxygen atoms in total. The van der Waals surface area contributed by atoms with E-state index in [1.165, 1.54) is 16.6 Å². The van der Waals surface area contributed by atoms with E-state index in [4.69, 9.17) is 27.9 Å². The minimum Gasteiger partial charge on any atom is -0.444 e. The summed E-state index contributed by atoms with van der Waals surface area (Å²) in [5.74, 6) is -0.319. The number of alkyl carbamates (subject to hydrolysis) is 1. The lowest BCUT2D eigenvalue weighted by Gasteiger charge is -2.35.